The van der Waals surface area contributed by atoms with Crippen molar-refractivity contribution in [1.29, 1.82) is 0 Å². The zero-order valence-corrected chi connectivity index (χ0v) is 10.8. The maximum atomic E-state index is 11.4. The second-order valence-corrected chi connectivity index (χ2v) is 4.75. The molecule has 6 heteroatoms. The number of methoxy groups -OCH3 is 1. The second-order valence-electron chi connectivity index (χ2n) is 4.75. The number of carbonyl (C=O) groups excluding carboxylic acids is 1. The Morgan fingerprint density at radius 3 is 2.29 bits per heavy atom. The van der Waals surface area contributed by atoms with Crippen molar-refractivity contribution in [3.8, 4) is 0 Å². The first-order valence-electron chi connectivity index (χ1n) is 5.38. The average molecular weight is 247 g/mol. The highest BCUT2D eigenvalue weighted by molar-refractivity contribution is 5.84. The number of amides is 1. The lowest BCUT2D eigenvalue weighted by atomic mass is 9.87. The third kappa shape index (κ3) is 6.91. The van der Waals surface area contributed by atoms with Crippen molar-refractivity contribution in [3.05, 3.63) is 0 Å². The Kier molecular flexibility index (Phi) is 6.75. The van der Waals surface area contributed by atoms with E-state index in [0.717, 1.165) is 0 Å². The molecule has 0 aromatic rings. The second kappa shape index (κ2) is 7.24. The highest BCUT2D eigenvalue weighted by Gasteiger charge is 2.32. The van der Waals surface area contributed by atoms with Crippen LogP contribution in [0, 0.1) is 5.41 Å². The summed E-state index contributed by atoms with van der Waals surface area (Å²) in [6.45, 7) is 5.78. The van der Waals surface area contributed by atoms with E-state index in [0.29, 0.717) is 13.2 Å². The van der Waals surface area contributed by atoms with Crippen LogP contribution in [0.15, 0.2) is 0 Å². The lowest BCUT2D eigenvalue weighted by Crippen LogP contribution is -2.50. The maximum absolute atomic E-state index is 11.4. The van der Waals surface area contributed by atoms with Crippen LogP contribution in [0.1, 0.15) is 20.8 Å². The molecule has 0 aliphatic rings. The van der Waals surface area contributed by atoms with Crippen LogP contribution in [0.3, 0.4) is 0 Å². The first-order valence-corrected chi connectivity index (χ1v) is 5.38. The number of carboxylic acids is 1. The number of nitrogens with one attached hydrogen (secondary N) is 1. The highest BCUT2D eigenvalue weighted by Crippen LogP contribution is 2.19. The molecule has 2 N–H and O–H groups in total. The van der Waals surface area contributed by atoms with Gasteiger partial charge in [0, 0.05) is 7.11 Å². The van der Waals surface area contributed by atoms with Gasteiger partial charge in [-0.2, -0.15) is 0 Å². The van der Waals surface area contributed by atoms with Crippen LogP contribution in [-0.4, -0.2) is 50.0 Å². The Morgan fingerprint density at radius 1 is 1.29 bits per heavy atom. The van der Waals surface area contributed by atoms with Crippen LogP contribution in [0.25, 0.3) is 0 Å². The Bertz CT molecular complexity index is 259. The average Bonchev–Trinajstić information content (AvgIpc) is 2.19. The molecule has 0 aromatic heterocycles. The molecule has 1 amide bonds. The summed E-state index contributed by atoms with van der Waals surface area (Å²) in [5.74, 6) is -1.49. The summed E-state index contributed by atoms with van der Waals surface area (Å²) in [6, 6.07) is -0.930. The smallest absolute Gasteiger partial charge is 0.326 e. The molecule has 0 aromatic carbocycles. The topological polar surface area (TPSA) is 84.9 Å². The van der Waals surface area contributed by atoms with Gasteiger partial charge in [0.25, 0.3) is 0 Å². The molecular formula is C11H21NO5. The molecule has 0 spiro atoms. The van der Waals surface area contributed by atoms with E-state index in [1.165, 1.54) is 7.11 Å². The molecule has 0 fully saturated rings. The Labute approximate surface area is 101 Å². The predicted molar refractivity (Wildman–Crippen MR) is 61.7 cm³/mol. The van der Waals surface area contributed by atoms with E-state index in [1.807, 2.05) is 0 Å². The van der Waals surface area contributed by atoms with E-state index in [9.17, 15) is 9.59 Å². The fourth-order valence-corrected chi connectivity index (χ4v) is 1.16. The summed E-state index contributed by atoms with van der Waals surface area (Å²) in [6.07, 6.45) is 0. The van der Waals surface area contributed by atoms with Crippen molar-refractivity contribution in [2.75, 3.05) is 26.9 Å². The molecule has 0 saturated heterocycles. The van der Waals surface area contributed by atoms with Crippen LogP contribution >= 0.6 is 0 Å². The lowest BCUT2D eigenvalue weighted by molar-refractivity contribution is -0.145. The fraction of sp³-hybridized carbons (Fsp3) is 0.818. The van der Waals surface area contributed by atoms with Crippen molar-refractivity contribution in [2.45, 2.75) is 26.8 Å². The van der Waals surface area contributed by atoms with Gasteiger partial charge < -0.3 is 19.9 Å². The van der Waals surface area contributed by atoms with Gasteiger partial charge in [0.15, 0.2) is 0 Å². The minimum absolute atomic E-state index is 0.163. The summed E-state index contributed by atoms with van der Waals surface area (Å²) < 4.78 is 9.75. The van der Waals surface area contributed by atoms with Gasteiger partial charge in [-0.1, -0.05) is 20.8 Å². The van der Waals surface area contributed by atoms with Gasteiger partial charge in [-0.05, 0) is 5.41 Å². The standard InChI is InChI=1S/C11H21NO5/c1-11(2,3)9(10(14)15)12-8(13)7-17-6-5-16-4/h9H,5-7H2,1-4H3,(H,12,13)(H,14,15)/t9-/m0/s1. The summed E-state index contributed by atoms with van der Waals surface area (Å²) >= 11 is 0. The lowest BCUT2D eigenvalue weighted by Gasteiger charge is -2.27. The minimum atomic E-state index is -1.05. The first kappa shape index (κ1) is 15.9. The molecule has 100 valence electrons. The number of aliphatic carboxylic acids is 1. The normalized spacial score (nSPS) is 13.2. The van der Waals surface area contributed by atoms with Gasteiger partial charge in [0.05, 0.1) is 13.2 Å². The van der Waals surface area contributed by atoms with Crippen molar-refractivity contribution < 1.29 is 24.2 Å². The third-order valence-corrected chi connectivity index (χ3v) is 2.08. The highest BCUT2D eigenvalue weighted by atomic mass is 16.5. The van der Waals surface area contributed by atoms with E-state index in [1.54, 1.807) is 20.8 Å². The van der Waals surface area contributed by atoms with E-state index in [2.05, 4.69) is 5.32 Å². The zero-order chi connectivity index (χ0) is 13.5. The van der Waals surface area contributed by atoms with Gasteiger partial charge in [-0.15, -0.1) is 0 Å². The fourth-order valence-electron chi connectivity index (χ4n) is 1.16. The van der Waals surface area contributed by atoms with E-state index < -0.39 is 23.3 Å². The predicted octanol–water partition coefficient (Wildman–Crippen LogP) is 0.265. The summed E-state index contributed by atoms with van der Waals surface area (Å²) in [4.78, 5) is 22.4. The van der Waals surface area contributed by atoms with Gasteiger partial charge in [0.2, 0.25) is 5.91 Å². The summed E-state index contributed by atoms with van der Waals surface area (Å²) in [5, 5.41) is 11.4. The van der Waals surface area contributed by atoms with Gasteiger partial charge in [0.1, 0.15) is 12.6 Å². The van der Waals surface area contributed by atoms with Crippen LogP contribution in [0.5, 0.6) is 0 Å². The van der Waals surface area contributed by atoms with Gasteiger partial charge >= 0.3 is 5.97 Å². The van der Waals surface area contributed by atoms with Crippen molar-refractivity contribution >= 4 is 11.9 Å². The number of hydrogen-bond acceptors (Lipinski definition) is 4. The molecule has 0 aliphatic carbocycles. The minimum Gasteiger partial charge on any atom is -0.480 e. The zero-order valence-electron chi connectivity index (χ0n) is 10.8. The Hall–Kier alpha value is -1.14. The van der Waals surface area contributed by atoms with Crippen molar-refractivity contribution in [1.82, 2.24) is 5.32 Å². The van der Waals surface area contributed by atoms with Crippen molar-refractivity contribution in [3.63, 3.8) is 0 Å². The number of rotatable bonds is 7. The quantitative estimate of drug-likeness (QED) is 0.631. The third-order valence-electron chi connectivity index (χ3n) is 2.08. The molecule has 0 bridgehead atoms. The molecule has 0 aliphatic heterocycles. The van der Waals surface area contributed by atoms with Gasteiger partial charge in [-0.25, -0.2) is 4.79 Å². The molecule has 0 heterocycles. The molecule has 0 unspecified atom stereocenters. The molecule has 0 rings (SSSR count). The van der Waals surface area contributed by atoms with E-state index in [-0.39, 0.29) is 6.61 Å². The summed E-state index contributed by atoms with van der Waals surface area (Å²) in [7, 11) is 1.53. The van der Waals surface area contributed by atoms with Crippen LogP contribution in [0.4, 0.5) is 0 Å². The van der Waals surface area contributed by atoms with Crippen molar-refractivity contribution in [2.24, 2.45) is 5.41 Å². The molecule has 6 nitrogen and oxygen atoms in total. The summed E-state index contributed by atoms with van der Waals surface area (Å²) in [5.41, 5.74) is -0.548. The van der Waals surface area contributed by atoms with E-state index >= 15 is 0 Å². The SMILES string of the molecule is COCCOCC(=O)N[C@@H](C(=O)O)C(C)(C)C. The first-order chi connectivity index (χ1) is 7.79. The molecular weight excluding hydrogens is 226 g/mol. The Balaban J connectivity index is 4.11. The van der Waals surface area contributed by atoms with Crippen LogP contribution in [-0.2, 0) is 19.1 Å². The number of ether oxygens (including phenoxy) is 2. The monoisotopic (exact) mass is 247 g/mol. The molecule has 0 radical (unpaired) electrons. The van der Waals surface area contributed by atoms with Crippen LogP contribution < -0.4 is 5.32 Å². The number of carbonyl (C=O) groups is 2. The number of hydrogen-bond donors (Lipinski definition) is 2. The molecule has 1 atom stereocenters. The number of carboxylic acid groups (broad SMARTS) is 1. The molecule has 0 saturated carbocycles. The van der Waals surface area contributed by atoms with Gasteiger partial charge in [-0.3, -0.25) is 4.79 Å². The Morgan fingerprint density at radius 2 is 1.88 bits per heavy atom. The van der Waals surface area contributed by atoms with E-state index in [4.69, 9.17) is 14.6 Å². The molecule has 17 heavy (non-hydrogen) atoms. The van der Waals surface area contributed by atoms with Crippen LogP contribution in [0.2, 0.25) is 0 Å². The maximum Gasteiger partial charge on any atom is 0.326 e. The largest absolute Gasteiger partial charge is 0.480 e.